The summed E-state index contributed by atoms with van der Waals surface area (Å²) in [5.74, 6) is 8.23. The zero-order valence-corrected chi connectivity index (χ0v) is 12.7. The minimum atomic E-state index is 0.247. The Morgan fingerprint density at radius 1 is 1.32 bits per heavy atom. The SMILES string of the molecule is C(#Cc1ccccn1)COc1nsnc1C12CN3CC1C2C3. The van der Waals surface area contributed by atoms with Crippen LogP contribution in [0.25, 0.3) is 0 Å². The molecule has 22 heavy (non-hydrogen) atoms. The van der Waals surface area contributed by atoms with Crippen molar-refractivity contribution in [2.75, 3.05) is 26.2 Å². The Morgan fingerprint density at radius 2 is 2.23 bits per heavy atom. The lowest BCUT2D eigenvalue weighted by Gasteiger charge is -2.09. The minimum absolute atomic E-state index is 0.247. The van der Waals surface area contributed by atoms with Crippen molar-refractivity contribution in [2.24, 2.45) is 11.8 Å². The van der Waals surface area contributed by atoms with E-state index in [4.69, 9.17) is 4.74 Å². The number of hydrogen-bond acceptors (Lipinski definition) is 6. The van der Waals surface area contributed by atoms with Gasteiger partial charge in [0.2, 0.25) is 0 Å². The van der Waals surface area contributed by atoms with Crippen molar-refractivity contribution in [3.63, 3.8) is 0 Å². The van der Waals surface area contributed by atoms with Gasteiger partial charge in [0, 0.05) is 31.2 Å². The Morgan fingerprint density at radius 3 is 2.95 bits per heavy atom. The molecule has 2 aromatic rings. The summed E-state index contributed by atoms with van der Waals surface area (Å²) in [7, 11) is 0. The van der Waals surface area contributed by atoms with Gasteiger partial charge in [0.15, 0.2) is 6.61 Å². The zero-order chi connectivity index (χ0) is 14.6. The average molecular weight is 310 g/mol. The van der Waals surface area contributed by atoms with Gasteiger partial charge in [-0.05, 0) is 29.9 Å². The molecule has 0 amide bonds. The molecule has 2 atom stereocenters. The molecule has 0 aromatic carbocycles. The van der Waals surface area contributed by atoms with Gasteiger partial charge < -0.3 is 9.64 Å². The summed E-state index contributed by atoms with van der Waals surface area (Å²) < 4.78 is 14.7. The first kappa shape index (κ1) is 12.6. The number of pyridine rings is 1. The molecule has 3 aliphatic heterocycles. The van der Waals surface area contributed by atoms with Crippen molar-refractivity contribution < 1.29 is 4.74 Å². The molecule has 6 heteroatoms. The summed E-state index contributed by atoms with van der Waals surface area (Å²) >= 11 is 1.25. The summed E-state index contributed by atoms with van der Waals surface area (Å²) in [5.41, 5.74) is 2.08. The van der Waals surface area contributed by atoms with E-state index in [9.17, 15) is 0 Å². The Bertz CT molecular complexity index is 766. The number of rotatable bonds is 3. The first-order valence-corrected chi connectivity index (χ1v) is 8.19. The van der Waals surface area contributed by atoms with Gasteiger partial charge >= 0.3 is 0 Å². The predicted molar refractivity (Wildman–Crippen MR) is 81.6 cm³/mol. The summed E-state index contributed by atoms with van der Waals surface area (Å²) in [5, 5.41) is 0. The molecule has 4 bridgehead atoms. The van der Waals surface area contributed by atoms with E-state index in [1.54, 1.807) is 6.20 Å². The van der Waals surface area contributed by atoms with E-state index < -0.39 is 0 Å². The van der Waals surface area contributed by atoms with Gasteiger partial charge in [-0.3, -0.25) is 0 Å². The number of piperidine rings is 3. The zero-order valence-electron chi connectivity index (χ0n) is 11.9. The molecule has 2 aromatic heterocycles. The fourth-order valence-corrected chi connectivity index (χ4v) is 4.79. The van der Waals surface area contributed by atoms with E-state index in [0.717, 1.165) is 29.8 Å². The van der Waals surface area contributed by atoms with Gasteiger partial charge in [0.25, 0.3) is 5.88 Å². The second-order valence-electron chi connectivity index (χ2n) is 6.17. The Labute approximate surface area is 132 Å². The smallest absolute Gasteiger partial charge is 0.250 e. The van der Waals surface area contributed by atoms with Crippen molar-refractivity contribution in [1.29, 1.82) is 0 Å². The van der Waals surface area contributed by atoms with E-state index >= 15 is 0 Å². The normalized spacial score (nSPS) is 33.4. The first-order valence-electron chi connectivity index (χ1n) is 7.46. The lowest BCUT2D eigenvalue weighted by Crippen LogP contribution is -2.17. The molecule has 0 spiro atoms. The van der Waals surface area contributed by atoms with E-state index in [2.05, 4.69) is 30.5 Å². The molecule has 1 aliphatic carbocycles. The van der Waals surface area contributed by atoms with Gasteiger partial charge in [-0.15, -0.1) is 4.37 Å². The van der Waals surface area contributed by atoms with Crippen LogP contribution in [0.1, 0.15) is 11.4 Å². The molecule has 0 radical (unpaired) electrons. The van der Waals surface area contributed by atoms with Crippen LogP contribution in [0.15, 0.2) is 24.4 Å². The molecule has 2 unspecified atom stereocenters. The maximum atomic E-state index is 5.79. The van der Waals surface area contributed by atoms with Crippen molar-refractivity contribution in [3.05, 3.63) is 35.8 Å². The number of ether oxygens (including phenoxy) is 1. The molecule has 4 fully saturated rings. The summed E-state index contributed by atoms with van der Waals surface area (Å²) in [4.78, 5) is 6.69. The lowest BCUT2D eigenvalue weighted by molar-refractivity contribution is 0.348. The summed E-state index contributed by atoms with van der Waals surface area (Å²) in [6.07, 6.45) is 1.74. The molecule has 1 saturated carbocycles. The molecule has 6 rings (SSSR count). The van der Waals surface area contributed by atoms with Crippen molar-refractivity contribution in [1.82, 2.24) is 18.6 Å². The van der Waals surface area contributed by atoms with E-state index in [0.29, 0.717) is 12.5 Å². The van der Waals surface area contributed by atoms with E-state index in [1.807, 2.05) is 18.2 Å². The topological polar surface area (TPSA) is 51.1 Å². The van der Waals surface area contributed by atoms with E-state index in [-0.39, 0.29) is 5.41 Å². The van der Waals surface area contributed by atoms with Crippen LogP contribution in [-0.4, -0.2) is 44.9 Å². The van der Waals surface area contributed by atoms with Crippen LogP contribution in [-0.2, 0) is 5.41 Å². The van der Waals surface area contributed by atoms with Crippen molar-refractivity contribution in [2.45, 2.75) is 5.41 Å². The van der Waals surface area contributed by atoms with Crippen molar-refractivity contribution >= 4 is 11.7 Å². The fraction of sp³-hybridized carbons (Fsp3) is 0.438. The third-order valence-electron chi connectivity index (χ3n) is 5.16. The highest BCUT2D eigenvalue weighted by Gasteiger charge is 2.76. The number of aromatic nitrogens is 3. The fourth-order valence-electron chi connectivity index (χ4n) is 4.20. The van der Waals surface area contributed by atoms with Crippen LogP contribution >= 0.6 is 11.7 Å². The second kappa shape index (κ2) is 4.51. The van der Waals surface area contributed by atoms with Crippen LogP contribution in [0.3, 0.4) is 0 Å². The Balaban J connectivity index is 1.30. The molecule has 5 heterocycles. The van der Waals surface area contributed by atoms with Crippen LogP contribution < -0.4 is 4.74 Å². The molecule has 3 saturated heterocycles. The molecule has 110 valence electrons. The third kappa shape index (κ3) is 1.67. The van der Waals surface area contributed by atoms with Gasteiger partial charge in [-0.25, -0.2) is 4.98 Å². The Hall–Kier alpha value is -1.97. The lowest BCUT2D eigenvalue weighted by atomic mass is 10.0. The van der Waals surface area contributed by atoms with Crippen LogP contribution in [0.4, 0.5) is 0 Å². The second-order valence-corrected chi connectivity index (χ2v) is 6.70. The molecular weight excluding hydrogens is 296 g/mol. The van der Waals surface area contributed by atoms with E-state index in [1.165, 1.54) is 24.8 Å². The van der Waals surface area contributed by atoms with Crippen molar-refractivity contribution in [3.8, 4) is 17.7 Å². The minimum Gasteiger partial charge on any atom is -0.463 e. The molecule has 4 aliphatic rings. The largest absolute Gasteiger partial charge is 0.463 e. The quantitative estimate of drug-likeness (QED) is 0.797. The standard InChI is InChI=1S/C16H14N4OS/c1-2-6-17-11(4-1)5-3-7-21-15-14(18-22-19-15)16-10-20-8-12(16)13(16)9-20/h1-2,4,6,12-13H,7-10H2. The van der Waals surface area contributed by atoms with Gasteiger partial charge in [-0.2, -0.15) is 4.37 Å². The summed E-state index contributed by atoms with van der Waals surface area (Å²) in [6, 6.07) is 5.69. The Kier molecular flexibility index (Phi) is 2.58. The molecule has 5 nitrogen and oxygen atoms in total. The third-order valence-corrected chi connectivity index (χ3v) is 5.67. The van der Waals surface area contributed by atoms with Crippen LogP contribution in [0.5, 0.6) is 5.88 Å². The molecular formula is C16H14N4OS. The highest BCUT2D eigenvalue weighted by molar-refractivity contribution is 6.99. The van der Waals surface area contributed by atoms with Crippen LogP contribution in [0, 0.1) is 23.7 Å². The first-order chi connectivity index (χ1) is 10.9. The maximum absolute atomic E-state index is 5.79. The summed E-state index contributed by atoms with van der Waals surface area (Å²) in [6.45, 7) is 3.90. The van der Waals surface area contributed by atoms with Gasteiger partial charge in [0.05, 0.1) is 11.7 Å². The monoisotopic (exact) mass is 310 g/mol. The van der Waals surface area contributed by atoms with Crippen LogP contribution in [0.2, 0.25) is 0 Å². The highest BCUT2D eigenvalue weighted by Crippen LogP contribution is 2.70. The van der Waals surface area contributed by atoms with Gasteiger partial charge in [0.1, 0.15) is 11.4 Å². The highest BCUT2D eigenvalue weighted by atomic mass is 32.1. The van der Waals surface area contributed by atoms with Gasteiger partial charge in [-0.1, -0.05) is 12.0 Å². The predicted octanol–water partition coefficient (Wildman–Crippen LogP) is 1.18. The number of nitrogens with zero attached hydrogens (tertiary/aromatic N) is 4. The average Bonchev–Trinajstić information content (AvgIpc) is 3.15. The molecule has 0 N–H and O–H groups in total. The maximum Gasteiger partial charge on any atom is 0.250 e. The number of hydrogen-bond donors (Lipinski definition) is 0.